The van der Waals surface area contributed by atoms with Gasteiger partial charge in [-0.2, -0.15) is 0 Å². The van der Waals surface area contributed by atoms with Crippen LogP contribution in [0.5, 0.6) is 0 Å². The van der Waals surface area contributed by atoms with Crippen molar-refractivity contribution >= 4 is 60.7 Å². The van der Waals surface area contributed by atoms with E-state index in [0.717, 1.165) is 39.4 Å². The van der Waals surface area contributed by atoms with Gasteiger partial charge in [-0.25, -0.2) is 0 Å². The lowest BCUT2D eigenvalue weighted by Gasteiger charge is -2.25. The maximum atomic E-state index is 2.46. The van der Waals surface area contributed by atoms with Crippen molar-refractivity contribution in [2.75, 3.05) is 4.90 Å². The van der Waals surface area contributed by atoms with Gasteiger partial charge in [0, 0.05) is 55.4 Å². The molecule has 2 heterocycles. The summed E-state index contributed by atoms with van der Waals surface area (Å²) in [5.74, 6) is 0. The fourth-order valence-electron chi connectivity index (χ4n) is 11.8. The Morgan fingerprint density at radius 2 is 0.750 bits per heavy atom. The van der Waals surface area contributed by atoms with Gasteiger partial charge in [-0.3, -0.25) is 0 Å². The zero-order valence-corrected chi connectivity index (χ0v) is 40.2. The van der Waals surface area contributed by atoms with Gasteiger partial charge in [0.05, 0.1) is 22.1 Å². The number of hydrogen-bond acceptors (Lipinski definition) is 1. The highest BCUT2D eigenvalue weighted by Gasteiger charge is 2.35. The summed E-state index contributed by atoms with van der Waals surface area (Å²) in [5, 5.41) is 4.96. The molecule has 3 heteroatoms. The Balaban J connectivity index is 0.941. The van der Waals surface area contributed by atoms with E-state index in [1.165, 1.54) is 88.2 Å². The van der Waals surface area contributed by atoms with Gasteiger partial charge in [-0.1, -0.05) is 166 Å². The molecule has 0 atom stereocenters. The van der Waals surface area contributed by atoms with Gasteiger partial charge in [0.15, 0.2) is 0 Å². The Morgan fingerprint density at radius 3 is 1.43 bits per heavy atom. The maximum Gasteiger partial charge on any atom is 0.0547 e. The largest absolute Gasteiger partial charge is 0.311 e. The second-order valence-electron chi connectivity index (χ2n) is 19.8. The molecule has 0 amide bonds. The standard InChI is InChI=1S/C69H49N3/c1-69(2)63-27-15-12-24-57(63)61-45-56(36-38-64(61)69)72-66-29-17-14-26-59(66)62-43-47(33-39-67(62)72)50-40-49(46-30-34-55(35-31-46)70(52-18-6-3-7-19-52)53-20-8-4-9-21-53)41-51(42-50)48-32-37-60-58-25-13-16-28-65(58)71(68(60)44-48)54-22-10-5-11-23-54/h3-45H,1-2H3. The Labute approximate surface area is 419 Å². The summed E-state index contributed by atoms with van der Waals surface area (Å²) in [6, 6.07) is 95.9. The van der Waals surface area contributed by atoms with Crippen molar-refractivity contribution in [2.24, 2.45) is 0 Å². The summed E-state index contributed by atoms with van der Waals surface area (Å²) in [5.41, 5.74) is 22.8. The molecule has 0 unspecified atom stereocenters. The minimum atomic E-state index is -0.0493. The third kappa shape index (κ3) is 6.66. The van der Waals surface area contributed by atoms with Crippen LogP contribution in [0.3, 0.4) is 0 Å². The van der Waals surface area contributed by atoms with Gasteiger partial charge in [0.2, 0.25) is 0 Å². The second kappa shape index (κ2) is 16.5. The van der Waals surface area contributed by atoms with E-state index in [4.69, 9.17) is 0 Å². The highest BCUT2D eigenvalue weighted by Crippen LogP contribution is 2.50. The normalized spacial score (nSPS) is 12.7. The number of aromatic nitrogens is 2. The zero-order chi connectivity index (χ0) is 47.9. The predicted octanol–water partition coefficient (Wildman–Crippen LogP) is 18.7. The zero-order valence-electron chi connectivity index (χ0n) is 40.2. The van der Waals surface area contributed by atoms with E-state index in [1.807, 2.05) is 0 Å². The van der Waals surface area contributed by atoms with Crippen molar-refractivity contribution in [3.05, 3.63) is 272 Å². The summed E-state index contributed by atoms with van der Waals surface area (Å²) >= 11 is 0. The minimum absolute atomic E-state index is 0.0493. The van der Waals surface area contributed by atoms with Crippen molar-refractivity contribution in [3.63, 3.8) is 0 Å². The molecule has 0 saturated heterocycles. The molecular formula is C69H49N3. The third-order valence-electron chi connectivity index (χ3n) is 15.3. The van der Waals surface area contributed by atoms with Crippen LogP contribution < -0.4 is 4.90 Å². The molecule has 340 valence electrons. The van der Waals surface area contributed by atoms with Crippen LogP contribution >= 0.6 is 0 Å². The number of rotatable bonds is 8. The van der Waals surface area contributed by atoms with E-state index in [9.17, 15) is 0 Å². The molecule has 0 fully saturated rings. The molecule has 11 aromatic carbocycles. The molecule has 72 heavy (non-hydrogen) atoms. The van der Waals surface area contributed by atoms with Crippen LogP contribution in [0, 0.1) is 0 Å². The van der Waals surface area contributed by atoms with Gasteiger partial charge in [-0.05, 0) is 165 Å². The van der Waals surface area contributed by atoms with E-state index in [2.05, 4.69) is 289 Å². The monoisotopic (exact) mass is 919 g/mol. The van der Waals surface area contributed by atoms with Gasteiger partial charge in [-0.15, -0.1) is 0 Å². The molecule has 1 aliphatic carbocycles. The lowest BCUT2D eigenvalue weighted by Crippen LogP contribution is -2.14. The fourth-order valence-corrected chi connectivity index (χ4v) is 11.8. The average molecular weight is 920 g/mol. The summed E-state index contributed by atoms with van der Waals surface area (Å²) in [6.07, 6.45) is 0. The average Bonchev–Trinajstić information content (AvgIpc) is 4.04. The number of para-hydroxylation sites is 5. The number of anilines is 3. The van der Waals surface area contributed by atoms with Crippen LogP contribution in [0.1, 0.15) is 25.0 Å². The first kappa shape index (κ1) is 41.8. The van der Waals surface area contributed by atoms with Crippen LogP contribution in [0.15, 0.2) is 261 Å². The van der Waals surface area contributed by atoms with E-state index in [0.29, 0.717) is 0 Å². The first-order chi connectivity index (χ1) is 35.5. The molecule has 13 aromatic rings. The Kier molecular flexibility index (Phi) is 9.56. The van der Waals surface area contributed by atoms with E-state index in [-0.39, 0.29) is 5.41 Å². The lowest BCUT2D eigenvalue weighted by atomic mass is 9.82. The summed E-state index contributed by atoms with van der Waals surface area (Å²) in [7, 11) is 0. The summed E-state index contributed by atoms with van der Waals surface area (Å²) in [6.45, 7) is 4.70. The molecule has 0 saturated carbocycles. The van der Waals surface area contributed by atoms with E-state index in [1.54, 1.807) is 0 Å². The van der Waals surface area contributed by atoms with Crippen molar-refractivity contribution in [1.29, 1.82) is 0 Å². The predicted molar refractivity (Wildman–Crippen MR) is 304 cm³/mol. The SMILES string of the molecule is CC1(C)c2ccccc2-c2cc(-n3c4ccccc4c4cc(-c5cc(-c6ccc(N(c7ccccc7)c7ccccc7)cc6)cc(-c6ccc7c8ccccc8n(-c8ccccc8)c7c6)c5)ccc43)ccc21. The molecule has 0 radical (unpaired) electrons. The first-order valence-electron chi connectivity index (χ1n) is 25.0. The van der Waals surface area contributed by atoms with Crippen LogP contribution in [0.25, 0.3) is 99.5 Å². The van der Waals surface area contributed by atoms with Gasteiger partial charge >= 0.3 is 0 Å². The van der Waals surface area contributed by atoms with Gasteiger partial charge < -0.3 is 14.0 Å². The Hall–Kier alpha value is -9.18. The Morgan fingerprint density at radius 1 is 0.278 bits per heavy atom. The molecule has 0 aliphatic heterocycles. The van der Waals surface area contributed by atoms with Crippen LogP contribution in [0.4, 0.5) is 17.1 Å². The van der Waals surface area contributed by atoms with Crippen LogP contribution in [-0.4, -0.2) is 9.13 Å². The number of nitrogens with zero attached hydrogens (tertiary/aromatic N) is 3. The van der Waals surface area contributed by atoms with E-state index < -0.39 is 0 Å². The maximum absolute atomic E-state index is 2.46. The molecule has 0 spiro atoms. The third-order valence-corrected chi connectivity index (χ3v) is 15.3. The topological polar surface area (TPSA) is 13.1 Å². The highest BCUT2D eigenvalue weighted by molar-refractivity contribution is 6.12. The van der Waals surface area contributed by atoms with Crippen molar-refractivity contribution in [2.45, 2.75) is 19.3 Å². The van der Waals surface area contributed by atoms with Gasteiger partial charge in [0.25, 0.3) is 0 Å². The first-order valence-corrected chi connectivity index (χ1v) is 25.0. The molecule has 1 aliphatic rings. The second-order valence-corrected chi connectivity index (χ2v) is 19.8. The number of benzene rings is 11. The molecule has 2 aromatic heterocycles. The van der Waals surface area contributed by atoms with Crippen LogP contribution in [0.2, 0.25) is 0 Å². The number of hydrogen-bond donors (Lipinski definition) is 0. The molecule has 0 N–H and O–H groups in total. The van der Waals surface area contributed by atoms with Crippen LogP contribution in [-0.2, 0) is 5.41 Å². The Bertz CT molecular complexity index is 4180. The fraction of sp³-hybridized carbons (Fsp3) is 0.0435. The molecule has 3 nitrogen and oxygen atoms in total. The summed E-state index contributed by atoms with van der Waals surface area (Å²) in [4.78, 5) is 2.32. The lowest BCUT2D eigenvalue weighted by molar-refractivity contribution is 0.660. The van der Waals surface area contributed by atoms with E-state index >= 15 is 0 Å². The smallest absolute Gasteiger partial charge is 0.0547 e. The van der Waals surface area contributed by atoms with Gasteiger partial charge in [0.1, 0.15) is 0 Å². The molecule has 0 bridgehead atoms. The highest BCUT2D eigenvalue weighted by atomic mass is 15.1. The van der Waals surface area contributed by atoms with Crippen molar-refractivity contribution in [3.8, 4) is 55.9 Å². The molecule has 14 rings (SSSR count). The quantitative estimate of drug-likeness (QED) is 0.148. The number of fused-ring (bicyclic) bond motifs is 9. The minimum Gasteiger partial charge on any atom is -0.311 e. The van der Waals surface area contributed by atoms with Crippen molar-refractivity contribution in [1.82, 2.24) is 9.13 Å². The molecular weight excluding hydrogens is 871 g/mol. The summed E-state index contributed by atoms with van der Waals surface area (Å²) < 4.78 is 4.87. The van der Waals surface area contributed by atoms with Crippen molar-refractivity contribution < 1.29 is 0 Å².